The second-order valence-electron chi connectivity index (χ2n) is 3.45. The molecule has 0 bridgehead atoms. The van der Waals surface area contributed by atoms with Crippen molar-refractivity contribution >= 4 is 0 Å². The van der Waals surface area contributed by atoms with Crippen molar-refractivity contribution in [3.05, 3.63) is 0 Å². The minimum Gasteiger partial charge on any atom is -0.288 e. The summed E-state index contributed by atoms with van der Waals surface area (Å²) in [5.41, 5.74) is -13.6. The molecule has 0 radical (unpaired) electrons. The highest BCUT2D eigenvalue weighted by molar-refractivity contribution is 5.25. The molecule has 1 nitrogen and oxygen atoms in total. The average molecular weight is 316 g/mol. The monoisotopic (exact) mass is 316 g/mol. The van der Waals surface area contributed by atoms with Crippen molar-refractivity contribution in [1.29, 1.82) is 0 Å². The highest BCUT2D eigenvalue weighted by atomic mass is 19.4. The van der Waals surface area contributed by atoms with Crippen LogP contribution in [0.5, 0.6) is 0 Å². The van der Waals surface area contributed by atoms with E-state index in [2.05, 4.69) is 0 Å². The molecule has 19 heavy (non-hydrogen) atoms. The average Bonchev–Trinajstić information content (AvgIpc) is 2.06. The van der Waals surface area contributed by atoms with E-state index in [9.17, 15) is 52.7 Å². The topological polar surface area (TPSA) is 9.23 Å². The molecule has 1 saturated heterocycles. The summed E-state index contributed by atoms with van der Waals surface area (Å²) in [5, 5.41) is 0. The normalized spacial score (nSPS) is 30.9. The Morgan fingerprint density at radius 2 is 0.895 bits per heavy atom. The van der Waals surface area contributed by atoms with Gasteiger partial charge in [-0.25, -0.2) is 4.39 Å². The number of alkyl halides is 12. The number of hydrogen-bond acceptors (Lipinski definition) is 1. The zero-order valence-corrected chi connectivity index (χ0v) is 7.94. The second kappa shape index (κ2) is 3.41. The number of rotatable bonds is 0. The molecule has 1 unspecified atom stereocenters. The molecule has 0 N–H and O–H groups in total. The third-order valence-electron chi connectivity index (χ3n) is 2.36. The van der Waals surface area contributed by atoms with Gasteiger partial charge in [-0.3, -0.25) is 4.74 Å². The fourth-order valence-electron chi connectivity index (χ4n) is 1.52. The largest absolute Gasteiger partial charge is 0.435 e. The summed E-state index contributed by atoms with van der Waals surface area (Å²) >= 11 is 0. The lowest BCUT2D eigenvalue weighted by molar-refractivity contribution is -0.605. The van der Waals surface area contributed by atoms with Crippen LogP contribution < -0.4 is 0 Å². The molecule has 1 heterocycles. The van der Waals surface area contributed by atoms with Crippen molar-refractivity contribution in [1.82, 2.24) is 0 Å². The number of ether oxygens (including phenoxy) is 1. The minimum absolute atomic E-state index is 2.01. The van der Waals surface area contributed by atoms with Crippen molar-refractivity contribution in [3.8, 4) is 0 Å². The fourth-order valence-corrected chi connectivity index (χ4v) is 1.52. The summed E-state index contributed by atoms with van der Waals surface area (Å²) < 4.78 is 148. The van der Waals surface area contributed by atoms with E-state index in [0.29, 0.717) is 0 Å². The molecule has 1 aliphatic rings. The van der Waals surface area contributed by atoms with Gasteiger partial charge in [0, 0.05) is 0 Å². The highest BCUT2D eigenvalue weighted by Crippen LogP contribution is 2.71. The Bertz CT molecular complexity index is 347. The van der Waals surface area contributed by atoms with Crippen LogP contribution in [0.15, 0.2) is 0 Å². The molecule has 1 aliphatic heterocycles. The van der Waals surface area contributed by atoms with Crippen LogP contribution in [0.2, 0.25) is 0 Å². The highest BCUT2D eigenvalue weighted by Gasteiger charge is 3.04. The summed E-state index contributed by atoms with van der Waals surface area (Å²) in [5.74, 6) is 0. The quantitative estimate of drug-likeness (QED) is 0.619. The summed E-state index contributed by atoms with van der Waals surface area (Å²) in [6.45, 7) is 0. The molecule has 0 aromatic carbocycles. The maximum atomic E-state index is 13.1. The third kappa shape index (κ3) is 1.56. The van der Waals surface area contributed by atoms with Crippen molar-refractivity contribution in [3.63, 3.8) is 0 Å². The van der Waals surface area contributed by atoms with Crippen LogP contribution in [0.4, 0.5) is 52.7 Å². The van der Waals surface area contributed by atoms with Gasteiger partial charge < -0.3 is 0 Å². The van der Waals surface area contributed by atoms with E-state index in [-0.39, 0.29) is 0 Å². The Balaban J connectivity index is 3.63. The van der Waals surface area contributed by atoms with Crippen molar-refractivity contribution < 1.29 is 57.4 Å². The standard InChI is InChI=1S/C6F12O/c7-1(3(8,9)10)2(4(11,12)13,5(14,15)16)19-6(1,17)18. The lowest BCUT2D eigenvalue weighted by Crippen LogP contribution is -2.90. The minimum atomic E-state index is -7.17. The van der Waals surface area contributed by atoms with Gasteiger partial charge in [-0.15, -0.1) is 0 Å². The van der Waals surface area contributed by atoms with Crippen LogP contribution in [-0.4, -0.2) is 35.9 Å². The van der Waals surface area contributed by atoms with Gasteiger partial charge in [0.25, 0.3) is 0 Å². The molecule has 13 heteroatoms. The first-order valence-corrected chi connectivity index (χ1v) is 3.93. The molecule has 1 rings (SSSR count). The molecular weight excluding hydrogens is 316 g/mol. The fraction of sp³-hybridized carbons (Fsp3) is 1.00. The van der Waals surface area contributed by atoms with Crippen LogP contribution in [0, 0.1) is 0 Å². The summed E-state index contributed by atoms with van der Waals surface area (Å²) in [6.07, 6.45) is -27.7. The van der Waals surface area contributed by atoms with E-state index in [0.717, 1.165) is 0 Å². The van der Waals surface area contributed by atoms with E-state index in [4.69, 9.17) is 0 Å². The summed E-state index contributed by atoms with van der Waals surface area (Å²) in [4.78, 5) is 0. The van der Waals surface area contributed by atoms with Crippen molar-refractivity contribution in [2.24, 2.45) is 0 Å². The predicted octanol–water partition coefficient (Wildman–Crippen LogP) is 3.74. The van der Waals surface area contributed by atoms with Gasteiger partial charge in [0.15, 0.2) is 0 Å². The molecule has 0 aromatic heterocycles. The Labute approximate surface area is 94.7 Å². The molecule has 0 aliphatic carbocycles. The Morgan fingerprint density at radius 1 is 0.579 bits per heavy atom. The lowest BCUT2D eigenvalue weighted by Gasteiger charge is -2.57. The Hall–Kier alpha value is -0.880. The van der Waals surface area contributed by atoms with E-state index >= 15 is 0 Å². The number of halogens is 12. The van der Waals surface area contributed by atoms with Crippen LogP contribution in [0.1, 0.15) is 0 Å². The molecular formula is C6F12O. The van der Waals surface area contributed by atoms with Gasteiger partial charge in [0.2, 0.25) is 0 Å². The van der Waals surface area contributed by atoms with E-state index in [1.165, 1.54) is 0 Å². The zero-order valence-electron chi connectivity index (χ0n) is 7.94. The van der Waals surface area contributed by atoms with Gasteiger partial charge in [-0.2, -0.15) is 48.3 Å². The molecule has 0 spiro atoms. The van der Waals surface area contributed by atoms with E-state index in [1.807, 2.05) is 4.74 Å². The van der Waals surface area contributed by atoms with Gasteiger partial charge >= 0.3 is 35.9 Å². The Morgan fingerprint density at radius 3 is 1.00 bits per heavy atom. The molecule has 1 fully saturated rings. The third-order valence-corrected chi connectivity index (χ3v) is 2.36. The van der Waals surface area contributed by atoms with E-state index < -0.39 is 35.9 Å². The van der Waals surface area contributed by atoms with Gasteiger partial charge in [-0.1, -0.05) is 0 Å². The van der Waals surface area contributed by atoms with Crippen LogP contribution >= 0.6 is 0 Å². The predicted molar refractivity (Wildman–Crippen MR) is 30.8 cm³/mol. The maximum absolute atomic E-state index is 13.1. The Kier molecular flexibility index (Phi) is 2.90. The van der Waals surface area contributed by atoms with Crippen LogP contribution in [0.25, 0.3) is 0 Å². The molecule has 1 atom stereocenters. The smallest absolute Gasteiger partial charge is 0.288 e. The second-order valence-corrected chi connectivity index (χ2v) is 3.45. The van der Waals surface area contributed by atoms with E-state index in [1.54, 1.807) is 0 Å². The SMILES string of the molecule is FC(F)(F)C1(F)C(F)(F)OC1(C(F)(F)F)C(F)(F)F. The first kappa shape index (κ1) is 16.2. The maximum Gasteiger partial charge on any atom is 0.435 e. The first-order valence-electron chi connectivity index (χ1n) is 3.93. The van der Waals surface area contributed by atoms with Gasteiger partial charge in [0.1, 0.15) is 0 Å². The number of hydrogen-bond donors (Lipinski definition) is 0. The van der Waals surface area contributed by atoms with Crippen LogP contribution in [-0.2, 0) is 4.74 Å². The molecule has 0 saturated carbocycles. The van der Waals surface area contributed by atoms with Gasteiger partial charge in [0.05, 0.1) is 0 Å². The molecule has 0 amide bonds. The molecule has 0 aromatic rings. The van der Waals surface area contributed by atoms with Crippen molar-refractivity contribution in [2.45, 2.75) is 35.9 Å². The molecule has 114 valence electrons. The zero-order chi connectivity index (χ0) is 15.7. The van der Waals surface area contributed by atoms with Crippen molar-refractivity contribution in [2.75, 3.05) is 0 Å². The van der Waals surface area contributed by atoms with Gasteiger partial charge in [-0.05, 0) is 0 Å². The summed E-state index contributed by atoms with van der Waals surface area (Å²) in [6, 6.07) is 0. The lowest BCUT2D eigenvalue weighted by atomic mass is 9.75. The first-order chi connectivity index (χ1) is 7.96. The summed E-state index contributed by atoms with van der Waals surface area (Å²) in [7, 11) is 0. The van der Waals surface area contributed by atoms with Crippen LogP contribution in [0.3, 0.4) is 0 Å².